The van der Waals surface area contributed by atoms with E-state index in [1.807, 2.05) is 0 Å². The number of aromatic hydroxyl groups is 1. The molecule has 5 nitrogen and oxygen atoms in total. The van der Waals surface area contributed by atoms with Gasteiger partial charge < -0.3 is 20.5 Å². The number of benzene rings is 1. The number of carbonyl (C=O) groups is 1. The van der Waals surface area contributed by atoms with Crippen molar-refractivity contribution in [1.82, 2.24) is 4.90 Å². The third kappa shape index (κ3) is 3.95. The van der Waals surface area contributed by atoms with E-state index in [1.54, 1.807) is 36.2 Å². The van der Waals surface area contributed by atoms with Crippen molar-refractivity contribution in [2.24, 2.45) is 5.73 Å². The normalized spacial score (nSPS) is 19.8. The summed E-state index contributed by atoms with van der Waals surface area (Å²) in [7, 11) is 1.76. The summed E-state index contributed by atoms with van der Waals surface area (Å²) in [5.41, 5.74) is 6.91. The van der Waals surface area contributed by atoms with E-state index >= 15 is 0 Å². The number of hydrogen-bond acceptors (Lipinski definition) is 4. The van der Waals surface area contributed by atoms with Crippen molar-refractivity contribution in [3.8, 4) is 5.75 Å². The minimum absolute atomic E-state index is 0.0754. The molecule has 1 heterocycles. The number of ether oxygens (including phenoxy) is 1. The molecule has 1 amide bonds. The molecule has 0 radical (unpaired) electrons. The van der Waals surface area contributed by atoms with E-state index in [2.05, 4.69) is 0 Å². The molecule has 1 saturated heterocycles. The van der Waals surface area contributed by atoms with Gasteiger partial charge in [0.05, 0.1) is 12.1 Å². The zero-order valence-electron chi connectivity index (χ0n) is 11.8. The number of hydrogen-bond donors (Lipinski definition) is 2. The molecule has 1 aliphatic rings. The van der Waals surface area contributed by atoms with Crippen LogP contribution in [0, 0.1) is 0 Å². The lowest BCUT2D eigenvalue weighted by molar-refractivity contribution is -0.132. The second kappa shape index (κ2) is 6.72. The lowest BCUT2D eigenvalue weighted by atomic mass is 10.1. The lowest BCUT2D eigenvalue weighted by Crippen LogP contribution is -2.45. The maximum Gasteiger partial charge on any atom is 0.239 e. The van der Waals surface area contributed by atoms with Crippen LogP contribution in [-0.2, 0) is 16.0 Å². The Bertz CT molecular complexity index is 441. The topological polar surface area (TPSA) is 75.8 Å². The van der Waals surface area contributed by atoms with Gasteiger partial charge in [0.25, 0.3) is 0 Å². The number of likely N-dealkylation sites (N-methyl/N-ethyl adjacent to an activating group) is 1. The number of nitrogens with two attached hydrogens (primary N) is 1. The van der Waals surface area contributed by atoms with Gasteiger partial charge >= 0.3 is 0 Å². The summed E-state index contributed by atoms with van der Waals surface area (Å²) in [6.45, 7) is 1.38. The molecule has 0 saturated carbocycles. The summed E-state index contributed by atoms with van der Waals surface area (Å²) in [6.07, 6.45) is 2.68. The smallest absolute Gasteiger partial charge is 0.239 e. The number of nitrogens with zero attached hydrogens (tertiary/aromatic N) is 1. The van der Waals surface area contributed by atoms with Crippen LogP contribution < -0.4 is 5.73 Å². The molecule has 0 aliphatic carbocycles. The SMILES string of the molecule is CN(CC1CCCO1)C(=O)[C@H](N)Cc1ccc(O)cc1. The molecule has 1 fully saturated rings. The van der Waals surface area contributed by atoms with Crippen molar-refractivity contribution in [2.75, 3.05) is 20.2 Å². The first-order chi connectivity index (χ1) is 9.56. The van der Waals surface area contributed by atoms with Gasteiger partial charge in [-0.05, 0) is 37.0 Å². The van der Waals surface area contributed by atoms with Gasteiger partial charge in [-0.3, -0.25) is 4.79 Å². The maximum absolute atomic E-state index is 12.2. The second-order valence-electron chi connectivity index (χ2n) is 5.33. The molecule has 0 bridgehead atoms. The molecule has 0 aromatic heterocycles. The average molecular weight is 278 g/mol. The zero-order valence-corrected chi connectivity index (χ0v) is 11.8. The molecule has 1 aliphatic heterocycles. The van der Waals surface area contributed by atoms with E-state index in [4.69, 9.17) is 10.5 Å². The Labute approximate surface area is 119 Å². The molecule has 1 aromatic rings. The Morgan fingerprint density at radius 3 is 2.80 bits per heavy atom. The Morgan fingerprint density at radius 1 is 1.50 bits per heavy atom. The highest BCUT2D eigenvalue weighted by atomic mass is 16.5. The average Bonchev–Trinajstić information content (AvgIpc) is 2.93. The van der Waals surface area contributed by atoms with Crippen molar-refractivity contribution in [1.29, 1.82) is 0 Å². The van der Waals surface area contributed by atoms with Crippen LogP contribution >= 0.6 is 0 Å². The van der Waals surface area contributed by atoms with Crippen molar-refractivity contribution in [3.63, 3.8) is 0 Å². The molecule has 110 valence electrons. The molecule has 2 rings (SSSR count). The molecular weight excluding hydrogens is 256 g/mol. The van der Waals surface area contributed by atoms with Gasteiger partial charge in [0.15, 0.2) is 0 Å². The number of amides is 1. The van der Waals surface area contributed by atoms with Crippen LogP contribution in [0.15, 0.2) is 24.3 Å². The predicted octanol–water partition coefficient (Wildman–Crippen LogP) is 0.899. The van der Waals surface area contributed by atoms with E-state index in [0.29, 0.717) is 13.0 Å². The van der Waals surface area contributed by atoms with Crippen molar-refractivity contribution in [3.05, 3.63) is 29.8 Å². The minimum atomic E-state index is -0.564. The summed E-state index contributed by atoms with van der Waals surface area (Å²) in [5, 5.41) is 9.23. The first-order valence-electron chi connectivity index (χ1n) is 6.96. The van der Waals surface area contributed by atoms with Crippen molar-refractivity contribution >= 4 is 5.91 Å². The van der Waals surface area contributed by atoms with Crippen molar-refractivity contribution in [2.45, 2.75) is 31.4 Å². The first-order valence-corrected chi connectivity index (χ1v) is 6.96. The second-order valence-corrected chi connectivity index (χ2v) is 5.33. The number of phenols is 1. The van der Waals surface area contributed by atoms with E-state index in [0.717, 1.165) is 25.0 Å². The standard InChI is InChI=1S/C15H22N2O3/c1-17(10-13-3-2-8-20-13)15(19)14(16)9-11-4-6-12(18)7-5-11/h4-7,13-14,18H,2-3,8-10,16H2,1H3/t13?,14-/m1/s1. The predicted molar refractivity (Wildman–Crippen MR) is 76.4 cm³/mol. The molecule has 1 unspecified atom stereocenters. The number of carbonyl (C=O) groups excluding carboxylic acids is 1. The highest BCUT2D eigenvalue weighted by Gasteiger charge is 2.23. The van der Waals surface area contributed by atoms with Crippen LogP contribution in [0.1, 0.15) is 18.4 Å². The van der Waals surface area contributed by atoms with Gasteiger partial charge in [-0.25, -0.2) is 0 Å². The van der Waals surface area contributed by atoms with Crippen LogP contribution in [0.5, 0.6) is 5.75 Å². The van der Waals surface area contributed by atoms with E-state index in [-0.39, 0.29) is 17.8 Å². The molecule has 0 spiro atoms. The van der Waals surface area contributed by atoms with Crippen molar-refractivity contribution < 1.29 is 14.6 Å². The monoisotopic (exact) mass is 278 g/mol. The number of phenolic OH excluding ortho intramolecular Hbond substituents is 1. The maximum atomic E-state index is 12.2. The largest absolute Gasteiger partial charge is 0.508 e. The quantitative estimate of drug-likeness (QED) is 0.839. The van der Waals surface area contributed by atoms with Crippen LogP contribution in [-0.4, -0.2) is 48.3 Å². The Morgan fingerprint density at radius 2 is 2.20 bits per heavy atom. The van der Waals surface area contributed by atoms with Crippen LogP contribution in [0.3, 0.4) is 0 Å². The molecular formula is C15H22N2O3. The van der Waals surface area contributed by atoms with E-state index < -0.39 is 6.04 Å². The molecule has 20 heavy (non-hydrogen) atoms. The van der Waals surface area contributed by atoms with Gasteiger partial charge in [-0.1, -0.05) is 12.1 Å². The Hall–Kier alpha value is -1.59. The molecule has 3 N–H and O–H groups in total. The van der Waals surface area contributed by atoms with Gasteiger partial charge in [-0.15, -0.1) is 0 Å². The highest BCUT2D eigenvalue weighted by molar-refractivity contribution is 5.81. The van der Waals surface area contributed by atoms with E-state index in [9.17, 15) is 9.90 Å². The van der Waals surface area contributed by atoms with Gasteiger partial charge in [0.1, 0.15) is 5.75 Å². The van der Waals surface area contributed by atoms with Crippen LogP contribution in [0.4, 0.5) is 0 Å². The summed E-state index contributed by atoms with van der Waals surface area (Å²) >= 11 is 0. The fraction of sp³-hybridized carbons (Fsp3) is 0.533. The van der Waals surface area contributed by atoms with Crippen LogP contribution in [0.2, 0.25) is 0 Å². The summed E-state index contributed by atoms with van der Waals surface area (Å²) < 4.78 is 5.52. The van der Waals surface area contributed by atoms with Gasteiger partial charge in [0, 0.05) is 20.2 Å². The zero-order chi connectivity index (χ0) is 14.5. The summed E-state index contributed by atoms with van der Waals surface area (Å²) in [5.74, 6) is 0.137. The highest BCUT2D eigenvalue weighted by Crippen LogP contribution is 2.14. The van der Waals surface area contributed by atoms with Gasteiger partial charge in [-0.2, -0.15) is 0 Å². The fourth-order valence-corrected chi connectivity index (χ4v) is 2.44. The summed E-state index contributed by atoms with van der Waals surface area (Å²) in [6, 6.07) is 6.20. The number of rotatable bonds is 5. The van der Waals surface area contributed by atoms with Crippen LogP contribution in [0.25, 0.3) is 0 Å². The van der Waals surface area contributed by atoms with Gasteiger partial charge in [0.2, 0.25) is 5.91 Å². The fourth-order valence-electron chi connectivity index (χ4n) is 2.44. The molecule has 2 atom stereocenters. The third-order valence-electron chi connectivity index (χ3n) is 3.59. The Balaban J connectivity index is 1.85. The first kappa shape index (κ1) is 14.8. The minimum Gasteiger partial charge on any atom is -0.508 e. The summed E-state index contributed by atoms with van der Waals surface area (Å²) in [4.78, 5) is 13.9. The van der Waals surface area contributed by atoms with E-state index in [1.165, 1.54) is 0 Å². The Kier molecular flexibility index (Phi) is 4.98. The molecule has 1 aromatic carbocycles. The lowest BCUT2D eigenvalue weighted by Gasteiger charge is -2.24. The molecule has 5 heteroatoms. The third-order valence-corrected chi connectivity index (χ3v) is 3.59.